The second-order valence-electron chi connectivity index (χ2n) is 6.20. The first-order valence-corrected chi connectivity index (χ1v) is 10.1. The first kappa shape index (κ1) is 19.7. The Hall–Kier alpha value is -3.10. The Balaban J connectivity index is 1.91. The molecule has 3 rings (SSSR count). The van der Waals surface area contributed by atoms with E-state index in [4.69, 9.17) is 4.42 Å². The van der Waals surface area contributed by atoms with E-state index in [0.717, 1.165) is 11.6 Å². The quantitative estimate of drug-likeness (QED) is 0.533. The van der Waals surface area contributed by atoms with Crippen LogP contribution in [-0.4, -0.2) is 19.5 Å². The molecule has 0 saturated carbocycles. The fraction of sp³-hybridized carbons (Fsp3) is 0.150. The lowest BCUT2D eigenvalue weighted by Crippen LogP contribution is -2.28. The van der Waals surface area contributed by atoms with Gasteiger partial charge in [0.05, 0.1) is 24.1 Å². The molecular formula is C20H20N2O5S. The average Bonchev–Trinajstić information content (AvgIpc) is 3.20. The zero-order valence-corrected chi connectivity index (χ0v) is 15.9. The molecule has 2 aromatic carbocycles. The topological polar surface area (TPSA) is 109 Å². The Morgan fingerprint density at radius 2 is 1.86 bits per heavy atom. The number of furan rings is 1. The van der Waals surface area contributed by atoms with Crippen molar-refractivity contribution in [3.05, 3.63) is 83.8 Å². The fourth-order valence-electron chi connectivity index (χ4n) is 2.73. The van der Waals surface area contributed by atoms with E-state index in [2.05, 4.69) is 10.0 Å². The molecule has 28 heavy (non-hydrogen) atoms. The van der Waals surface area contributed by atoms with Crippen LogP contribution in [0.5, 0.6) is 0 Å². The maximum Gasteiger partial charge on any atom is 0.335 e. The molecule has 0 aliphatic rings. The van der Waals surface area contributed by atoms with Gasteiger partial charge in [-0.05, 0) is 42.8 Å². The predicted octanol–water partition coefficient (Wildman–Crippen LogP) is 3.63. The highest BCUT2D eigenvalue weighted by atomic mass is 32.2. The van der Waals surface area contributed by atoms with Crippen LogP contribution in [0.1, 0.15) is 34.6 Å². The van der Waals surface area contributed by atoms with E-state index in [1.54, 1.807) is 19.1 Å². The van der Waals surface area contributed by atoms with E-state index in [1.165, 1.54) is 18.4 Å². The van der Waals surface area contributed by atoms with Crippen molar-refractivity contribution in [1.82, 2.24) is 4.72 Å². The van der Waals surface area contributed by atoms with Gasteiger partial charge in [-0.2, -0.15) is 0 Å². The van der Waals surface area contributed by atoms with Crippen molar-refractivity contribution in [1.29, 1.82) is 0 Å². The third-order valence-corrected chi connectivity index (χ3v) is 5.76. The Morgan fingerprint density at radius 1 is 1.11 bits per heavy atom. The smallest absolute Gasteiger partial charge is 0.335 e. The maximum atomic E-state index is 13.0. The van der Waals surface area contributed by atoms with Crippen molar-refractivity contribution in [2.24, 2.45) is 0 Å². The molecule has 1 atom stereocenters. The van der Waals surface area contributed by atoms with Crippen molar-refractivity contribution < 1.29 is 22.7 Å². The van der Waals surface area contributed by atoms with Gasteiger partial charge in [0.25, 0.3) is 0 Å². The summed E-state index contributed by atoms with van der Waals surface area (Å²) in [6.45, 7) is 1.99. The van der Waals surface area contributed by atoms with Gasteiger partial charge in [0.15, 0.2) is 0 Å². The number of sulfonamides is 1. The molecule has 7 nitrogen and oxygen atoms in total. The molecule has 1 aromatic heterocycles. The first-order valence-electron chi connectivity index (χ1n) is 8.58. The summed E-state index contributed by atoms with van der Waals surface area (Å²) in [6, 6.07) is 16.0. The van der Waals surface area contributed by atoms with E-state index < -0.39 is 22.0 Å². The Kier molecular flexibility index (Phi) is 5.81. The van der Waals surface area contributed by atoms with E-state index >= 15 is 0 Å². The number of carboxylic acid groups (broad SMARTS) is 1. The molecule has 3 aromatic rings. The second kappa shape index (κ2) is 8.28. The number of carboxylic acids is 1. The summed E-state index contributed by atoms with van der Waals surface area (Å²) in [4.78, 5) is 11.2. The van der Waals surface area contributed by atoms with Gasteiger partial charge in [-0.25, -0.2) is 17.9 Å². The minimum atomic E-state index is -3.99. The Labute approximate surface area is 163 Å². The van der Waals surface area contributed by atoms with Gasteiger partial charge >= 0.3 is 5.97 Å². The average molecular weight is 400 g/mol. The lowest BCUT2D eigenvalue weighted by atomic mass is 10.1. The molecule has 0 fully saturated rings. The van der Waals surface area contributed by atoms with Crippen molar-refractivity contribution in [3.63, 3.8) is 0 Å². The summed E-state index contributed by atoms with van der Waals surface area (Å²) in [5.74, 6) is -0.582. The molecule has 0 bridgehead atoms. The van der Waals surface area contributed by atoms with Crippen LogP contribution in [-0.2, 0) is 16.6 Å². The normalized spacial score (nSPS) is 12.5. The molecular weight excluding hydrogens is 380 g/mol. The van der Waals surface area contributed by atoms with Crippen molar-refractivity contribution in [2.75, 3.05) is 5.32 Å². The zero-order chi connectivity index (χ0) is 20.1. The highest BCUT2D eigenvalue weighted by Gasteiger charge is 2.23. The summed E-state index contributed by atoms with van der Waals surface area (Å²) < 4.78 is 33.9. The van der Waals surface area contributed by atoms with Gasteiger partial charge in [-0.15, -0.1) is 0 Å². The van der Waals surface area contributed by atoms with E-state index in [0.29, 0.717) is 5.76 Å². The number of benzene rings is 2. The Bertz CT molecular complexity index is 1050. The molecule has 146 valence electrons. The third kappa shape index (κ3) is 4.59. The third-order valence-electron chi connectivity index (χ3n) is 4.18. The van der Waals surface area contributed by atoms with Gasteiger partial charge in [0, 0.05) is 6.04 Å². The van der Waals surface area contributed by atoms with Crippen molar-refractivity contribution in [2.45, 2.75) is 24.4 Å². The van der Waals surface area contributed by atoms with Gasteiger partial charge < -0.3 is 14.8 Å². The first-order chi connectivity index (χ1) is 13.4. The summed E-state index contributed by atoms with van der Waals surface area (Å²) in [6.07, 6.45) is 1.52. The van der Waals surface area contributed by atoms with Crippen LogP contribution in [0.15, 0.2) is 76.2 Å². The summed E-state index contributed by atoms with van der Waals surface area (Å²) >= 11 is 0. The van der Waals surface area contributed by atoms with Gasteiger partial charge in [0.1, 0.15) is 10.7 Å². The van der Waals surface area contributed by atoms with Crippen LogP contribution < -0.4 is 10.0 Å². The number of nitrogens with one attached hydrogen (secondary N) is 2. The zero-order valence-electron chi connectivity index (χ0n) is 15.1. The number of anilines is 1. The second-order valence-corrected chi connectivity index (χ2v) is 7.89. The minimum absolute atomic E-state index is 0.115. The van der Waals surface area contributed by atoms with Crippen LogP contribution in [0.3, 0.4) is 0 Å². The highest BCUT2D eigenvalue weighted by molar-refractivity contribution is 7.89. The summed E-state index contributed by atoms with van der Waals surface area (Å²) in [5, 5.41) is 12.3. The van der Waals surface area contributed by atoms with Gasteiger partial charge in [-0.1, -0.05) is 30.3 Å². The van der Waals surface area contributed by atoms with Gasteiger partial charge in [0.2, 0.25) is 10.0 Å². The van der Waals surface area contributed by atoms with Gasteiger partial charge in [-0.3, -0.25) is 0 Å². The molecule has 0 aliphatic carbocycles. The molecule has 8 heteroatoms. The number of aromatic carboxylic acids is 1. The minimum Gasteiger partial charge on any atom is -0.478 e. The van der Waals surface area contributed by atoms with Crippen molar-refractivity contribution >= 4 is 21.7 Å². The van der Waals surface area contributed by atoms with Crippen LogP contribution in [0, 0.1) is 0 Å². The van der Waals surface area contributed by atoms with E-state index in [1.807, 2.05) is 30.3 Å². The number of rotatable bonds is 8. The number of hydrogen-bond donors (Lipinski definition) is 3. The van der Waals surface area contributed by atoms with Crippen LogP contribution in [0.25, 0.3) is 0 Å². The molecule has 0 amide bonds. The Morgan fingerprint density at radius 3 is 2.50 bits per heavy atom. The van der Waals surface area contributed by atoms with Crippen LogP contribution in [0.2, 0.25) is 0 Å². The largest absolute Gasteiger partial charge is 0.478 e. The van der Waals surface area contributed by atoms with Crippen LogP contribution >= 0.6 is 0 Å². The molecule has 1 heterocycles. The number of hydrogen-bond acceptors (Lipinski definition) is 5. The fourth-order valence-corrected chi connectivity index (χ4v) is 4.17. The van der Waals surface area contributed by atoms with E-state index in [9.17, 15) is 18.3 Å². The lowest BCUT2D eigenvalue weighted by molar-refractivity contribution is 0.0696. The SMILES string of the molecule is C[C@H](NS(=O)(=O)c1cc(C(=O)O)ccc1NCc1ccco1)c1ccccc1. The molecule has 0 unspecified atom stereocenters. The summed E-state index contributed by atoms with van der Waals surface area (Å²) in [7, 11) is -3.99. The summed E-state index contributed by atoms with van der Waals surface area (Å²) in [5.41, 5.74) is 0.969. The monoisotopic (exact) mass is 400 g/mol. The van der Waals surface area contributed by atoms with Crippen LogP contribution in [0.4, 0.5) is 5.69 Å². The molecule has 0 spiro atoms. The molecule has 3 N–H and O–H groups in total. The molecule has 0 radical (unpaired) electrons. The number of carbonyl (C=O) groups is 1. The molecule has 0 aliphatic heterocycles. The predicted molar refractivity (Wildman–Crippen MR) is 105 cm³/mol. The van der Waals surface area contributed by atoms with Crippen molar-refractivity contribution in [3.8, 4) is 0 Å². The highest BCUT2D eigenvalue weighted by Crippen LogP contribution is 2.26. The maximum absolute atomic E-state index is 13.0. The molecule has 0 saturated heterocycles. The van der Waals surface area contributed by atoms with E-state index in [-0.39, 0.29) is 22.7 Å². The lowest BCUT2D eigenvalue weighted by Gasteiger charge is -2.17. The standard InChI is InChI=1S/C20H20N2O5S/c1-14(15-6-3-2-4-7-15)22-28(25,26)19-12-16(20(23)24)9-10-18(19)21-13-17-8-5-11-27-17/h2-12,14,21-22H,13H2,1H3,(H,23,24)/t14-/m0/s1.